The number of phenols is 1. The topological polar surface area (TPSA) is 86.6 Å². The smallest absolute Gasteiger partial charge is 0.326 e. The summed E-state index contributed by atoms with van der Waals surface area (Å²) >= 11 is 5.84. The first-order valence-corrected chi connectivity index (χ1v) is 8.78. The zero-order chi connectivity index (χ0) is 14.6. The van der Waals surface area contributed by atoms with E-state index in [0.29, 0.717) is 7.14 Å². The molecule has 1 aromatic rings. The Morgan fingerprint density at radius 2 is 1.79 bits per heavy atom. The number of aromatic hydroxyl groups is 1. The van der Waals surface area contributed by atoms with Gasteiger partial charge in [-0.3, -0.25) is 4.79 Å². The maximum Gasteiger partial charge on any atom is 0.326 e. The number of halogens is 3. The molecule has 0 saturated carbocycles. The highest BCUT2D eigenvalue weighted by molar-refractivity contribution is 14.1. The number of nitrogens with one attached hydrogen (secondary N) is 1. The van der Waals surface area contributed by atoms with Crippen LogP contribution in [0.15, 0.2) is 12.1 Å². The lowest BCUT2D eigenvalue weighted by molar-refractivity contribution is -0.141. The molecule has 0 aliphatic rings. The number of rotatable bonds is 5. The number of hydrogen-bond acceptors (Lipinski definition) is 3. The quantitative estimate of drug-likeness (QED) is 0.357. The van der Waals surface area contributed by atoms with E-state index in [1.165, 1.54) is 0 Å². The van der Waals surface area contributed by atoms with Crippen LogP contribution in [0.5, 0.6) is 5.75 Å². The lowest BCUT2D eigenvalue weighted by Gasteiger charge is -2.14. The van der Waals surface area contributed by atoms with Crippen molar-refractivity contribution in [3.05, 3.63) is 24.8 Å². The van der Waals surface area contributed by atoms with Crippen molar-refractivity contribution in [3.8, 4) is 5.75 Å². The van der Waals surface area contributed by atoms with E-state index in [4.69, 9.17) is 5.11 Å². The predicted molar refractivity (Wildman–Crippen MR) is 95.7 cm³/mol. The van der Waals surface area contributed by atoms with Crippen molar-refractivity contribution in [2.45, 2.75) is 12.5 Å². The Kier molecular flexibility index (Phi) is 7.07. The van der Waals surface area contributed by atoms with Crippen LogP contribution < -0.4 is 5.32 Å². The number of hydrogen-bond donors (Lipinski definition) is 3. The summed E-state index contributed by atoms with van der Waals surface area (Å²) in [4.78, 5) is 22.4. The van der Waals surface area contributed by atoms with Gasteiger partial charge in [-0.15, -0.1) is 0 Å². The average Bonchev–Trinajstić information content (AvgIpc) is 2.34. The molecule has 0 bridgehead atoms. The Labute approximate surface area is 151 Å². The summed E-state index contributed by atoms with van der Waals surface area (Å²) in [7, 11) is 0. The highest BCUT2D eigenvalue weighted by atomic mass is 127. The van der Waals surface area contributed by atoms with Crippen molar-refractivity contribution in [1.82, 2.24) is 5.32 Å². The van der Waals surface area contributed by atoms with E-state index < -0.39 is 12.0 Å². The minimum absolute atomic E-state index is 0.185. The number of phenolic OH excluding ortho intramolecular Hbond substituents is 1. The largest absolute Gasteiger partial charge is 0.506 e. The maximum atomic E-state index is 11.3. The van der Waals surface area contributed by atoms with Gasteiger partial charge in [-0.1, -0.05) is 22.6 Å². The lowest BCUT2D eigenvalue weighted by atomic mass is 10.1. The van der Waals surface area contributed by atoms with Gasteiger partial charge in [-0.05, 0) is 62.9 Å². The number of carbonyl (C=O) groups is 2. The highest BCUT2D eigenvalue weighted by Crippen LogP contribution is 2.27. The Bertz CT molecular complexity index is 484. The summed E-state index contributed by atoms with van der Waals surface area (Å²) < 4.78 is 1.53. The molecule has 5 nitrogen and oxygen atoms in total. The van der Waals surface area contributed by atoms with Crippen molar-refractivity contribution >= 4 is 79.6 Å². The van der Waals surface area contributed by atoms with Crippen LogP contribution in [0, 0.1) is 7.14 Å². The molecular weight excluding hydrogens is 591 g/mol. The van der Waals surface area contributed by atoms with E-state index in [-0.39, 0.29) is 22.5 Å². The van der Waals surface area contributed by atoms with Crippen LogP contribution in [0.4, 0.5) is 0 Å². The van der Waals surface area contributed by atoms with E-state index in [0.717, 1.165) is 5.56 Å². The number of aliphatic carboxylic acids is 1. The third kappa shape index (κ3) is 5.21. The average molecular weight is 601 g/mol. The molecule has 104 valence electrons. The maximum absolute atomic E-state index is 11.3. The molecular formula is C11H10I3NO4. The Morgan fingerprint density at radius 1 is 1.26 bits per heavy atom. The first kappa shape index (κ1) is 17.2. The molecule has 0 aromatic heterocycles. The summed E-state index contributed by atoms with van der Waals surface area (Å²) in [6.45, 7) is 0. The van der Waals surface area contributed by atoms with E-state index in [1.807, 2.05) is 67.8 Å². The molecule has 0 spiro atoms. The molecule has 0 heterocycles. The summed E-state index contributed by atoms with van der Waals surface area (Å²) in [5.41, 5.74) is 0.757. The van der Waals surface area contributed by atoms with Crippen molar-refractivity contribution in [3.63, 3.8) is 0 Å². The zero-order valence-corrected chi connectivity index (χ0v) is 16.0. The highest BCUT2D eigenvalue weighted by Gasteiger charge is 2.20. The summed E-state index contributed by atoms with van der Waals surface area (Å²) in [6.07, 6.45) is 0.185. The summed E-state index contributed by atoms with van der Waals surface area (Å²) in [5, 5.41) is 21.2. The van der Waals surface area contributed by atoms with Crippen molar-refractivity contribution < 1.29 is 19.8 Å². The van der Waals surface area contributed by atoms with Gasteiger partial charge in [-0.2, -0.15) is 0 Å². The number of carbonyl (C=O) groups excluding carboxylic acids is 1. The molecule has 0 aliphatic carbocycles. The van der Waals surface area contributed by atoms with Gasteiger partial charge in [-0.25, -0.2) is 4.79 Å². The van der Waals surface area contributed by atoms with E-state index in [1.54, 1.807) is 12.1 Å². The second-order valence-corrected chi connectivity index (χ2v) is 6.79. The molecule has 3 N–H and O–H groups in total. The number of amides is 1. The molecule has 0 fully saturated rings. The molecule has 19 heavy (non-hydrogen) atoms. The second-order valence-electron chi connectivity index (χ2n) is 3.70. The van der Waals surface area contributed by atoms with Crippen molar-refractivity contribution in [1.29, 1.82) is 0 Å². The Balaban J connectivity index is 2.91. The van der Waals surface area contributed by atoms with Crippen LogP contribution in [-0.4, -0.2) is 32.6 Å². The third-order valence-electron chi connectivity index (χ3n) is 2.27. The molecule has 0 aliphatic heterocycles. The van der Waals surface area contributed by atoms with Gasteiger partial charge in [0.1, 0.15) is 11.8 Å². The van der Waals surface area contributed by atoms with Crippen LogP contribution in [0.3, 0.4) is 0 Å². The number of carboxylic acid groups (broad SMARTS) is 1. The van der Waals surface area contributed by atoms with Crippen LogP contribution in [-0.2, 0) is 16.0 Å². The van der Waals surface area contributed by atoms with Gasteiger partial charge >= 0.3 is 5.97 Å². The first-order chi connectivity index (χ1) is 8.85. The van der Waals surface area contributed by atoms with Crippen LogP contribution in [0.25, 0.3) is 0 Å². The molecule has 1 rings (SSSR count). The van der Waals surface area contributed by atoms with Crippen molar-refractivity contribution in [2.75, 3.05) is 4.43 Å². The Hall–Kier alpha value is 0.150. The first-order valence-electron chi connectivity index (χ1n) is 5.10. The molecule has 1 amide bonds. The van der Waals surface area contributed by atoms with Gasteiger partial charge in [0.2, 0.25) is 5.91 Å². The predicted octanol–water partition coefficient (Wildman–Crippen LogP) is 2.15. The zero-order valence-electron chi connectivity index (χ0n) is 9.49. The SMILES string of the molecule is O=C(CI)N[C@@H](Cc1cc(I)c(O)c(I)c1)C(=O)O. The standard InChI is InChI=1S/C11H10I3NO4/c12-4-9(16)15-8(11(18)19)3-5-1-6(13)10(17)7(14)2-5/h1-2,8,17H,3-4H2,(H,15,16)(H,18,19)/t8-/m0/s1. The number of alkyl halides is 1. The van der Waals surface area contributed by atoms with Crippen LogP contribution >= 0.6 is 67.8 Å². The molecule has 8 heteroatoms. The van der Waals surface area contributed by atoms with Crippen LogP contribution in [0.1, 0.15) is 5.56 Å². The third-order valence-corrected chi connectivity index (χ3v) is 4.61. The van der Waals surface area contributed by atoms with Crippen molar-refractivity contribution in [2.24, 2.45) is 0 Å². The van der Waals surface area contributed by atoms with E-state index in [9.17, 15) is 14.7 Å². The van der Waals surface area contributed by atoms with Gasteiger partial charge < -0.3 is 15.5 Å². The molecule has 0 saturated heterocycles. The lowest BCUT2D eigenvalue weighted by Crippen LogP contribution is -2.42. The summed E-state index contributed by atoms with van der Waals surface area (Å²) in [6, 6.07) is 2.47. The number of benzene rings is 1. The fourth-order valence-corrected chi connectivity index (χ4v) is 3.52. The molecule has 0 radical (unpaired) electrons. The second kappa shape index (κ2) is 7.81. The van der Waals surface area contributed by atoms with E-state index in [2.05, 4.69) is 5.32 Å². The van der Waals surface area contributed by atoms with Crippen LogP contribution in [0.2, 0.25) is 0 Å². The fraction of sp³-hybridized carbons (Fsp3) is 0.273. The Morgan fingerprint density at radius 3 is 2.21 bits per heavy atom. The molecule has 0 unspecified atom stereocenters. The minimum Gasteiger partial charge on any atom is -0.506 e. The summed E-state index contributed by atoms with van der Waals surface area (Å²) in [5.74, 6) is -1.19. The number of carboxylic acids is 1. The molecule has 1 aromatic carbocycles. The fourth-order valence-electron chi connectivity index (χ4n) is 1.40. The molecule has 1 atom stereocenters. The van der Waals surface area contributed by atoms with E-state index >= 15 is 0 Å². The van der Waals surface area contributed by atoms with Gasteiger partial charge in [0, 0.05) is 6.42 Å². The van der Waals surface area contributed by atoms with Gasteiger partial charge in [0.25, 0.3) is 0 Å². The normalized spacial score (nSPS) is 11.9. The van der Waals surface area contributed by atoms with Gasteiger partial charge in [0.05, 0.1) is 11.6 Å². The minimum atomic E-state index is -1.07. The van der Waals surface area contributed by atoms with Gasteiger partial charge in [0.15, 0.2) is 0 Å². The monoisotopic (exact) mass is 601 g/mol.